The Hall–Kier alpha value is -2.00. The number of carbonyl (C=O) groups excluding carboxylic acids is 1. The number of amides is 1. The first kappa shape index (κ1) is 17.4. The number of pyridine rings is 1. The lowest BCUT2D eigenvalue weighted by molar-refractivity contribution is -0.0258. The van der Waals surface area contributed by atoms with E-state index in [9.17, 15) is 13.2 Å². The van der Waals surface area contributed by atoms with Crippen molar-refractivity contribution in [1.29, 1.82) is 0 Å². The average molecular weight is 356 g/mol. The quantitative estimate of drug-likeness (QED) is 0.830. The fourth-order valence-corrected chi connectivity index (χ4v) is 2.92. The molecule has 0 saturated heterocycles. The lowest BCUT2D eigenvalue weighted by Gasteiger charge is -2.15. The Kier molecular flexibility index (Phi) is 5.32. The van der Waals surface area contributed by atoms with E-state index in [4.69, 9.17) is 16.4 Å². The Bertz CT molecular complexity index is 812. The minimum atomic E-state index is -3.87. The first-order chi connectivity index (χ1) is 10.9. The lowest BCUT2D eigenvalue weighted by Crippen LogP contribution is -2.26. The van der Waals surface area contributed by atoms with Gasteiger partial charge in [0.1, 0.15) is 0 Å². The zero-order valence-corrected chi connectivity index (χ0v) is 13.9. The third-order valence-corrected chi connectivity index (χ3v) is 5.02. The average Bonchev–Trinajstić information content (AvgIpc) is 2.55. The molecule has 0 aliphatic heterocycles. The number of hydroxylamine groups is 1. The summed E-state index contributed by atoms with van der Waals surface area (Å²) in [5, 5.41) is 2.75. The summed E-state index contributed by atoms with van der Waals surface area (Å²) in [5.41, 5.74) is 0.553. The number of nitrogens with zero attached hydrogens (tertiary/aromatic N) is 2. The number of nitrogens with one attached hydrogen (secondary N) is 1. The molecule has 122 valence electrons. The van der Waals surface area contributed by atoms with Gasteiger partial charge in [-0.1, -0.05) is 16.1 Å². The molecule has 7 nitrogen and oxygen atoms in total. The van der Waals surface area contributed by atoms with Gasteiger partial charge in [-0.2, -0.15) is 0 Å². The Labute approximate surface area is 138 Å². The second-order valence-electron chi connectivity index (χ2n) is 4.43. The van der Waals surface area contributed by atoms with Gasteiger partial charge >= 0.3 is 0 Å². The highest BCUT2D eigenvalue weighted by Gasteiger charge is 2.23. The van der Waals surface area contributed by atoms with Gasteiger partial charge in [0.15, 0.2) is 0 Å². The van der Waals surface area contributed by atoms with E-state index in [1.165, 1.54) is 44.8 Å². The van der Waals surface area contributed by atoms with Crippen molar-refractivity contribution in [2.75, 3.05) is 19.5 Å². The molecule has 9 heteroatoms. The fraction of sp³-hybridized carbons (Fsp3) is 0.143. The Morgan fingerprint density at radius 3 is 2.52 bits per heavy atom. The molecule has 1 aromatic carbocycles. The molecule has 0 unspecified atom stereocenters. The minimum absolute atomic E-state index is 0.0362. The monoisotopic (exact) mass is 355 g/mol. The highest BCUT2D eigenvalue weighted by atomic mass is 35.5. The van der Waals surface area contributed by atoms with E-state index < -0.39 is 15.9 Å². The number of anilines is 1. The molecule has 1 heterocycles. The summed E-state index contributed by atoms with van der Waals surface area (Å²) in [6, 6.07) is 7.05. The van der Waals surface area contributed by atoms with Crippen LogP contribution in [0.25, 0.3) is 0 Å². The second-order valence-corrected chi connectivity index (χ2v) is 6.77. The van der Waals surface area contributed by atoms with Crippen LogP contribution in [0.4, 0.5) is 5.69 Å². The van der Waals surface area contributed by atoms with Gasteiger partial charge in [0.05, 0.1) is 22.6 Å². The van der Waals surface area contributed by atoms with Crippen LogP contribution in [-0.4, -0.2) is 37.9 Å². The molecule has 2 rings (SSSR count). The number of benzene rings is 1. The van der Waals surface area contributed by atoms with Gasteiger partial charge in [-0.25, -0.2) is 8.42 Å². The van der Waals surface area contributed by atoms with Crippen molar-refractivity contribution in [2.24, 2.45) is 0 Å². The summed E-state index contributed by atoms with van der Waals surface area (Å²) in [7, 11) is -1.39. The number of hydrogen-bond donors (Lipinski definition) is 1. The predicted octanol–water partition coefficient (Wildman–Crippen LogP) is 2.17. The number of aromatic nitrogens is 1. The van der Waals surface area contributed by atoms with Crippen LogP contribution in [-0.2, 0) is 14.9 Å². The Morgan fingerprint density at radius 2 is 1.91 bits per heavy atom. The van der Waals surface area contributed by atoms with Crippen LogP contribution in [0.15, 0.2) is 47.6 Å². The van der Waals surface area contributed by atoms with Crippen LogP contribution in [0.1, 0.15) is 10.4 Å². The maximum absolute atomic E-state index is 12.3. The van der Waals surface area contributed by atoms with E-state index in [1.807, 2.05) is 0 Å². The Morgan fingerprint density at radius 1 is 1.26 bits per heavy atom. The molecule has 23 heavy (non-hydrogen) atoms. The van der Waals surface area contributed by atoms with Crippen LogP contribution >= 0.6 is 11.6 Å². The van der Waals surface area contributed by atoms with E-state index in [1.54, 1.807) is 12.1 Å². The van der Waals surface area contributed by atoms with Crippen molar-refractivity contribution >= 4 is 33.2 Å². The summed E-state index contributed by atoms with van der Waals surface area (Å²) >= 11 is 6.01. The largest absolute Gasteiger partial charge is 0.322 e. The molecule has 0 atom stereocenters. The van der Waals surface area contributed by atoms with Gasteiger partial charge < -0.3 is 5.32 Å². The topological polar surface area (TPSA) is 88.6 Å². The van der Waals surface area contributed by atoms with E-state index >= 15 is 0 Å². The lowest BCUT2D eigenvalue weighted by atomic mass is 10.2. The summed E-state index contributed by atoms with van der Waals surface area (Å²) in [6.07, 6.45) is 3.04. The van der Waals surface area contributed by atoms with E-state index in [2.05, 4.69) is 10.3 Å². The molecular weight excluding hydrogens is 342 g/mol. The van der Waals surface area contributed by atoms with Crippen LogP contribution in [0.5, 0.6) is 0 Å². The smallest absolute Gasteiger partial charge is 0.264 e. The Balaban J connectivity index is 2.36. The fourth-order valence-electron chi connectivity index (χ4n) is 1.72. The van der Waals surface area contributed by atoms with Gasteiger partial charge in [0, 0.05) is 25.1 Å². The SMILES string of the molecule is CON(C)S(=O)(=O)c1ccc(Cl)c(C(=O)Nc2ccncc2)c1. The van der Waals surface area contributed by atoms with E-state index in [-0.39, 0.29) is 15.5 Å². The van der Waals surface area contributed by atoms with Crippen molar-refractivity contribution in [3.63, 3.8) is 0 Å². The van der Waals surface area contributed by atoms with E-state index in [0.717, 1.165) is 0 Å². The number of sulfonamides is 1. The molecule has 1 amide bonds. The summed E-state index contributed by atoms with van der Waals surface area (Å²) < 4.78 is 25.1. The number of carbonyl (C=O) groups is 1. The van der Waals surface area contributed by atoms with Crippen LogP contribution < -0.4 is 5.32 Å². The van der Waals surface area contributed by atoms with Gasteiger partial charge in [-0.3, -0.25) is 14.6 Å². The maximum atomic E-state index is 12.3. The van der Waals surface area contributed by atoms with E-state index in [0.29, 0.717) is 10.2 Å². The minimum Gasteiger partial charge on any atom is -0.322 e. The number of halogens is 1. The van der Waals surface area contributed by atoms with Crippen molar-refractivity contribution in [1.82, 2.24) is 9.45 Å². The molecule has 2 aromatic rings. The zero-order chi connectivity index (χ0) is 17.0. The van der Waals surface area contributed by atoms with Crippen LogP contribution in [0.2, 0.25) is 5.02 Å². The van der Waals surface area contributed by atoms with Crippen molar-refractivity contribution in [2.45, 2.75) is 4.90 Å². The molecular formula is C14H14ClN3O4S. The summed E-state index contributed by atoms with van der Waals surface area (Å²) in [4.78, 5) is 20.7. The van der Waals surface area contributed by atoms with Gasteiger partial charge in [-0.15, -0.1) is 0 Å². The van der Waals surface area contributed by atoms with Gasteiger partial charge in [-0.05, 0) is 30.3 Å². The van der Waals surface area contributed by atoms with Crippen LogP contribution in [0, 0.1) is 0 Å². The molecule has 0 spiro atoms. The molecule has 0 bridgehead atoms. The number of hydrogen-bond acceptors (Lipinski definition) is 5. The third-order valence-electron chi connectivity index (χ3n) is 3.01. The van der Waals surface area contributed by atoms with Gasteiger partial charge in [0.2, 0.25) is 0 Å². The molecule has 0 aliphatic rings. The highest BCUT2D eigenvalue weighted by Crippen LogP contribution is 2.23. The molecule has 1 aromatic heterocycles. The molecule has 0 saturated carbocycles. The maximum Gasteiger partial charge on any atom is 0.264 e. The number of rotatable bonds is 5. The molecule has 0 fully saturated rings. The molecule has 0 aliphatic carbocycles. The first-order valence-electron chi connectivity index (χ1n) is 6.40. The third kappa shape index (κ3) is 3.85. The molecule has 0 radical (unpaired) electrons. The summed E-state index contributed by atoms with van der Waals surface area (Å²) in [5.74, 6) is -0.529. The normalized spacial score (nSPS) is 11.5. The second kappa shape index (κ2) is 7.05. The van der Waals surface area contributed by atoms with Crippen molar-refractivity contribution < 1.29 is 18.0 Å². The zero-order valence-electron chi connectivity index (χ0n) is 12.4. The molecule has 1 N–H and O–H groups in total. The highest BCUT2D eigenvalue weighted by molar-refractivity contribution is 7.89. The summed E-state index contributed by atoms with van der Waals surface area (Å²) in [6.45, 7) is 0. The standard InChI is InChI=1S/C14H14ClN3O4S/c1-18(22-2)23(20,21)11-3-4-13(15)12(9-11)14(19)17-10-5-7-16-8-6-10/h3-9H,1-2H3,(H,16,17,19). The van der Waals surface area contributed by atoms with Gasteiger partial charge in [0.25, 0.3) is 15.9 Å². The van der Waals surface area contributed by atoms with Crippen LogP contribution in [0.3, 0.4) is 0 Å². The first-order valence-corrected chi connectivity index (χ1v) is 8.22. The van der Waals surface area contributed by atoms with Crippen molar-refractivity contribution in [3.8, 4) is 0 Å². The van der Waals surface area contributed by atoms with Crippen molar-refractivity contribution in [3.05, 3.63) is 53.3 Å². The predicted molar refractivity (Wildman–Crippen MR) is 85.6 cm³/mol.